The zero-order valence-electron chi connectivity index (χ0n) is 18.7. The summed E-state index contributed by atoms with van der Waals surface area (Å²) in [5, 5.41) is 0.354. The first kappa shape index (κ1) is 23.0. The number of halogens is 2. The van der Waals surface area contributed by atoms with Gasteiger partial charge >= 0.3 is 0 Å². The fraction of sp³-hybridized carbons (Fsp3) is 0.333. The van der Waals surface area contributed by atoms with Crippen LogP contribution < -0.4 is 9.64 Å². The minimum Gasteiger partial charge on any atom is -0.438 e. The molecule has 1 saturated heterocycles. The van der Waals surface area contributed by atoms with Crippen LogP contribution >= 0.6 is 11.6 Å². The summed E-state index contributed by atoms with van der Waals surface area (Å²) >= 11 is 6.04. The number of ether oxygens (including phenoxy) is 1. The zero-order chi connectivity index (χ0) is 23.9. The van der Waals surface area contributed by atoms with Crippen LogP contribution in [0.5, 0.6) is 11.6 Å². The van der Waals surface area contributed by atoms with Crippen molar-refractivity contribution < 1.29 is 17.5 Å². The van der Waals surface area contributed by atoms with Gasteiger partial charge in [0.15, 0.2) is 0 Å². The summed E-state index contributed by atoms with van der Waals surface area (Å²) in [6.45, 7) is 3.74. The number of rotatable bonds is 5. The quantitative estimate of drug-likeness (QED) is 0.502. The summed E-state index contributed by atoms with van der Waals surface area (Å²) in [6.07, 6.45) is 2.57. The van der Waals surface area contributed by atoms with Crippen molar-refractivity contribution in [2.24, 2.45) is 0 Å². The standard InChI is InChI=1S/C24H24ClFN4O3S/c1-16-13-18(7-8-21(16)26)33-23-20-15-30(34(31,32)19-6-4-5-17(25)14-19)12-9-22(20)27-24(28-23)29-10-2-3-11-29/h4-8,13-14H,2-3,9-12,15H2,1H3. The van der Waals surface area contributed by atoms with Crippen LogP contribution in [-0.4, -0.2) is 42.3 Å². The number of aromatic nitrogens is 2. The highest BCUT2D eigenvalue weighted by molar-refractivity contribution is 7.89. The van der Waals surface area contributed by atoms with Gasteiger partial charge in [-0.2, -0.15) is 9.29 Å². The van der Waals surface area contributed by atoms with Gasteiger partial charge in [0, 0.05) is 37.6 Å². The molecule has 178 valence electrons. The molecule has 5 rings (SSSR count). The van der Waals surface area contributed by atoms with Crippen LogP contribution in [0.2, 0.25) is 5.02 Å². The number of aryl methyl sites for hydroxylation is 1. The molecular formula is C24H24ClFN4O3S. The van der Waals surface area contributed by atoms with Gasteiger partial charge in [-0.3, -0.25) is 0 Å². The number of nitrogens with zero attached hydrogens (tertiary/aromatic N) is 4. The maximum Gasteiger partial charge on any atom is 0.243 e. The normalized spacial score (nSPS) is 16.5. The molecule has 0 saturated carbocycles. The van der Waals surface area contributed by atoms with E-state index in [2.05, 4.69) is 9.88 Å². The third-order valence-corrected chi connectivity index (χ3v) is 8.22. The number of hydrogen-bond acceptors (Lipinski definition) is 6. The molecule has 0 atom stereocenters. The first-order chi connectivity index (χ1) is 16.3. The van der Waals surface area contributed by atoms with Crippen LogP contribution in [0.25, 0.3) is 0 Å². The summed E-state index contributed by atoms with van der Waals surface area (Å²) in [5.41, 5.74) is 1.83. The Bertz CT molecular complexity index is 1350. The first-order valence-electron chi connectivity index (χ1n) is 11.2. The Morgan fingerprint density at radius 3 is 2.59 bits per heavy atom. The second-order valence-electron chi connectivity index (χ2n) is 8.51. The van der Waals surface area contributed by atoms with E-state index >= 15 is 0 Å². The van der Waals surface area contributed by atoms with Gasteiger partial charge in [0.25, 0.3) is 0 Å². The molecule has 3 heterocycles. The van der Waals surface area contributed by atoms with Gasteiger partial charge in [-0.25, -0.2) is 17.8 Å². The van der Waals surface area contributed by atoms with E-state index in [1.807, 2.05) is 0 Å². The van der Waals surface area contributed by atoms with Crippen LogP contribution in [0, 0.1) is 12.7 Å². The lowest BCUT2D eigenvalue weighted by Crippen LogP contribution is -2.37. The Morgan fingerprint density at radius 2 is 1.85 bits per heavy atom. The van der Waals surface area contributed by atoms with Crippen LogP contribution in [-0.2, 0) is 23.0 Å². The maximum atomic E-state index is 13.8. The van der Waals surface area contributed by atoms with Crippen molar-refractivity contribution in [1.29, 1.82) is 0 Å². The summed E-state index contributed by atoms with van der Waals surface area (Å²) in [6, 6.07) is 10.7. The molecule has 0 bridgehead atoms. The Morgan fingerprint density at radius 1 is 1.06 bits per heavy atom. The average Bonchev–Trinajstić information content (AvgIpc) is 3.36. The lowest BCUT2D eigenvalue weighted by atomic mass is 10.1. The van der Waals surface area contributed by atoms with E-state index in [0.717, 1.165) is 31.6 Å². The van der Waals surface area contributed by atoms with E-state index < -0.39 is 10.0 Å². The van der Waals surface area contributed by atoms with E-state index in [1.165, 1.54) is 28.6 Å². The van der Waals surface area contributed by atoms with Gasteiger partial charge in [-0.15, -0.1) is 0 Å². The van der Waals surface area contributed by atoms with E-state index in [1.54, 1.807) is 25.1 Å². The predicted molar refractivity (Wildman–Crippen MR) is 127 cm³/mol. The minimum absolute atomic E-state index is 0.0694. The van der Waals surface area contributed by atoms with Crippen molar-refractivity contribution in [3.8, 4) is 11.6 Å². The highest BCUT2D eigenvalue weighted by Gasteiger charge is 2.33. The number of anilines is 1. The predicted octanol–water partition coefficient (Wildman–Crippen LogP) is 4.72. The third kappa shape index (κ3) is 4.47. The lowest BCUT2D eigenvalue weighted by Gasteiger charge is -2.29. The van der Waals surface area contributed by atoms with Crippen molar-refractivity contribution in [3.63, 3.8) is 0 Å². The van der Waals surface area contributed by atoms with Gasteiger partial charge in [-0.1, -0.05) is 17.7 Å². The van der Waals surface area contributed by atoms with Gasteiger partial charge in [0.2, 0.25) is 21.9 Å². The molecule has 10 heteroatoms. The molecule has 34 heavy (non-hydrogen) atoms. The zero-order valence-corrected chi connectivity index (χ0v) is 20.2. The third-order valence-electron chi connectivity index (χ3n) is 6.14. The highest BCUT2D eigenvalue weighted by Crippen LogP contribution is 2.34. The van der Waals surface area contributed by atoms with Crippen molar-refractivity contribution >= 4 is 27.6 Å². The molecule has 2 aliphatic rings. The number of hydrogen-bond donors (Lipinski definition) is 0. The fourth-order valence-electron chi connectivity index (χ4n) is 4.26. The molecule has 0 radical (unpaired) electrons. The largest absolute Gasteiger partial charge is 0.438 e. The summed E-state index contributed by atoms with van der Waals surface area (Å²) in [4.78, 5) is 11.7. The van der Waals surface area contributed by atoms with Crippen LogP contribution in [0.3, 0.4) is 0 Å². The van der Waals surface area contributed by atoms with E-state index in [-0.39, 0.29) is 23.8 Å². The average molecular weight is 503 g/mol. The Kier molecular flexibility index (Phi) is 6.18. The SMILES string of the molecule is Cc1cc(Oc2nc(N3CCCC3)nc3c2CN(S(=O)(=O)c2cccc(Cl)c2)CC3)ccc1F. The van der Waals surface area contributed by atoms with Crippen molar-refractivity contribution in [2.75, 3.05) is 24.5 Å². The smallest absolute Gasteiger partial charge is 0.243 e. The molecular weight excluding hydrogens is 479 g/mol. The number of fused-ring (bicyclic) bond motifs is 1. The molecule has 0 N–H and O–H groups in total. The Balaban J connectivity index is 1.53. The second kappa shape index (κ2) is 9.13. The van der Waals surface area contributed by atoms with Crippen LogP contribution in [0.15, 0.2) is 47.4 Å². The molecule has 3 aromatic rings. The summed E-state index contributed by atoms with van der Waals surface area (Å²) in [7, 11) is -3.78. The maximum absolute atomic E-state index is 13.8. The molecule has 0 spiro atoms. The Labute approximate surface area is 203 Å². The summed E-state index contributed by atoms with van der Waals surface area (Å²) < 4.78 is 47.9. The van der Waals surface area contributed by atoms with E-state index in [9.17, 15) is 12.8 Å². The molecule has 1 aromatic heterocycles. The molecule has 0 unspecified atom stereocenters. The highest BCUT2D eigenvalue weighted by atomic mass is 35.5. The van der Waals surface area contributed by atoms with Crippen molar-refractivity contribution in [2.45, 2.75) is 37.6 Å². The number of sulfonamides is 1. The van der Waals surface area contributed by atoms with Crippen LogP contribution in [0.1, 0.15) is 29.7 Å². The van der Waals surface area contributed by atoms with Crippen molar-refractivity contribution in [3.05, 3.63) is 70.1 Å². The summed E-state index contributed by atoms with van der Waals surface area (Å²) in [5.74, 6) is 0.982. The van der Waals surface area contributed by atoms with Gasteiger partial charge < -0.3 is 9.64 Å². The molecule has 1 fully saturated rings. The van der Waals surface area contributed by atoms with Gasteiger partial charge in [-0.05, 0) is 61.7 Å². The van der Waals surface area contributed by atoms with Gasteiger partial charge in [0.1, 0.15) is 11.6 Å². The molecule has 0 amide bonds. The molecule has 2 aliphatic heterocycles. The number of benzene rings is 2. The van der Waals surface area contributed by atoms with E-state index in [0.29, 0.717) is 40.1 Å². The fourth-order valence-corrected chi connectivity index (χ4v) is 5.97. The topological polar surface area (TPSA) is 75.6 Å². The minimum atomic E-state index is -3.78. The first-order valence-corrected chi connectivity index (χ1v) is 13.0. The molecule has 7 nitrogen and oxygen atoms in total. The Hall–Kier alpha value is -2.75. The van der Waals surface area contributed by atoms with Crippen LogP contribution in [0.4, 0.5) is 10.3 Å². The lowest BCUT2D eigenvalue weighted by molar-refractivity contribution is 0.369. The molecule has 2 aromatic carbocycles. The second-order valence-corrected chi connectivity index (χ2v) is 10.9. The monoisotopic (exact) mass is 502 g/mol. The molecule has 0 aliphatic carbocycles. The van der Waals surface area contributed by atoms with Crippen molar-refractivity contribution in [1.82, 2.24) is 14.3 Å². The van der Waals surface area contributed by atoms with E-state index in [4.69, 9.17) is 21.3 Å². The van der Waals surface area contributed by atoms with Gasteiger partial charge in [0.05, 0.1) is 16.2 Å².